The van der Waals surface area contributed by atoms with Crippen LogP contribution < -0.4 is 10.6 Å². The van der Waals surface area contributed by atoms with Crippen molar-refractivity contribution in [1.82, 2.24) is 15.5 Å². The van der Waals surface area contributed by atoms with E-state index in [9.17, 15) is 9.59 Å². The number of benzene rings is 2. The summed E-state index contributed by atoms with van der Waals surface area (Å²) in [6.07, 6.45) is 3.24. The molecule has 2 fully saturated rings. The van der Waals surface area contributed by atoms with Crippen LogP contribution in [0.25, 0.3) is 0 Å². The lowest BCUT2D eigenvalue weighted by molar-refractivity contribution is -0.127. The summed E-state index contributed by atoms with van der Waals surface area (Å²) in [5.74, 6) is 0.00428. The SMILES string of the molecule is O=C1NC(=O)C(CCc2ccccc2)(C2CCN(Cc3ccccc3)CC2)N1. The summed E-state index contributed by atoms with van der Waals surface area (Å²) in [5.41, 5.74) is 1.72. The zero-order valence-electron chi connectivity index (χ0n) is 16.1. The number of nitrogens with one attached hydrogen (secondary N) is 2. The Morgan fingerprint density at radius 2 is 1.50 bits per heavy atom. The van der Waals surface area contributed by atoms with Crippen LogP contribution >= 0.6 is 0 Å². The highest BCUT2D eigenvalue weighted by molar-refractivity contribution is 6.07. The van der Waals surface area contributed by atoms with Gasteiger partial charge in [-0.15, -0.1) is 0 Å². The molecule has 0 radical (unpaired) electrons. The molecule has 4 rings (SSSR count). The highest BCUT2D eigenvalue weighted by atomic mass is 16.2. The average molecular weight is 377 g/mol. The van der Waals surface area contributed by atoms with Gasteiger partial charge in [-0.1, -0.05) is 60.7 Å². The number of hydrogen-bond acceptors (Lipinski definition) is 3. The molecule has 0 aliphatic carbocycles. The number of rotatable bonds is 6. The Kier molecular flexibility index (Phi) is 5.44. The Morgan fingerprint density at radius 1 is 0.893 bits per heavy atom. The third kappa shape index (κ3) is 3.94. The molecule has 2 aliphatic rings. The molecule has 2 saturated heterocycles. The first-order valence-electron chi connectivity index (χ1n) is 10.1. The van der Waals surface area contributed by atoms with Crippen molar-refractivity contribution in [1.29, 1.82) is 0 Å². The third-order valence-electron chi connectivity index (χ3n) is 6.15. The van der Waals surface area contributed by atoms with Crippen LogP contribution in [0.2, 0.25) is 0 Å². The monoisotopic (exact) mass is 377 g/mol. The number of urea groups is 1. The van der Waals surface area contributed by atoms with E-state index < -0.39 is 5.54 Å². The molecule has 1 atom stereocenters. The number of hydrogen-bond donors (Lipinski definition) is 2. The second-order valence-corrected chi connectivity index (χ2v) is 7.90. The van der Waals surface area contributed by atoms with Gasteiger partial charge in [-0.25, -0.2) is 4.79 Å². The molecular formula is C23H27N3O2. The third-order valence-corrected chi connectivity index (χ3v) is 6.15. The van der Waals surface area contributed by atoms with Gasteiger partial charge in [-0.3, -0.25) is 15.0 Å². The van der Waals surface area contributed by atoms with Gasteiger partial charge in [0.25, 0.3) is 5.91 Å². The van der Waals surface area contributed by atoms with Gasteiger partial charge in [0.2, 0.25) is 0 Å². The van der Waals surface area contributed by atoms with E-state index in [4.69, 9.17) is 0 Å². The van der Waals surface area contributed by atoms with E-state index >= 15 is 0 Å². The van der Waals surface area contributed by atoms with Gasteiger partial charge in [0.15, 0.2) is 0 Å². The topological polar surface area (TPSA) is 61.4 Å². The predicted molar refractivity (Wildman–Crippen MR) is 109 cm³/mol. The van der Waals surface area contributed by atoms with E-state index in [0.717, 1.165) is 38.9 Å². The normalized spacial score (nSPS) is 23.4. The molecule has 2 aromatic rings. The van der Waals surface area contributed by atoms with Crippen LogP contribution in [0.5, 0.6) is 0 Å². The maximum Gasteiger partial charge on any atom is 0.322 e. The molecule has 3 amide bonds. The van der Waals surface area contributed by atoms with E-state index in [0.29, 0.717) is 6.42 Å². The molecule has 2 aromatic carbocycles. The molecule has 28 heavy (non-hydrogen) atoms. The highest BCUT2D eigenvalue weighted by Crippen LogP contribution is 2.35. The quantitative estimate of drug-likeness (QED) is 0.761. The Labute approximate surface area is 166 Å². The van der Waals surface area contributed by atoms with E-state index in [1.807, 2.05) is 24.3 Å². The van der Waals surface area contributed by atoms with Crippen molar-refractivity contribution in [3.8, 4) is 0 Å². The zero-order valence-corrected chi connectivity index (χ0v) is 16.1. The molecule has 0 spiro atoms. The molecule has 0 bridgehead atoms. The summed E-state index contributed by atoms with van der Waals surface area (Å²) >= 11 is 0. The molecule has 2 aliphatic heterocycles. The van der Waals surface area contributed by atoms with Crippen molar-refractivity contribution in [3.05, 3.63) is 71.8 Å². The second-order valence-electron chi connectivity index (χ2n) is 7.90. The van der Waals surface area contributed by atoms with Crippen LogP contribution in [-0.4, -0.2) is 35.5 Å². The van der Waals surface area contributed by atoms with Gasteiger partial charge >= 0.3 is 6.03 Å². The smallest absolute Gasteiger partial charge is 0.322 e. The molecule has 2 heterocycles. The number of piperidine rings is 1. The lowest BCUT2D eigenvalue weighted by Crippen LogP contribution is -2.56. The number of nitrogens with zero attached hydrogens (tertiary/aromatic N) is 1. The summed E-state index contributed by atoms with van der Waals surface area (Å²) in [5, 5.41) is 5.49. The molecule has 146 valence electrons. The first-order chi connectivity index (χ1) is 13.7. The fraction of sp³-hybridized carbons (Fsp3) is 0.391. The summed E-state index contributed by atoms with van der Waals surface area (Å²) in [6.45, 7) is 2.81. The summed E-state index contributed by atoms with van der Waals surface area (Å²) in [7, 11) is 0. The van der Waals surface area contributed by atoms with E-state index in [2.05, 4.69) is 51.9 Å². The van der Waals surface area contributed by atoms with Gasteiger partial charge in [0.05, 0.1) is 0 Å². The number of likely N-dealkylation sites (tertiary alicyclic amines) is 1. The van der Waals surface area contributed by atoms with E-state index in [1.165, 1.54) is 11.1 Å². The Bertz CT molecular complexity index is 816. The van der Waals surface area contributed by atoms with Crippen molar-refractivity contribution >= 4 is 11.9 Å². The Hall–Kier alpha value is -2.66. The molecule has 0 saturated carbocycles. The average Bonchev–Trinajstić information content (AvgIpc) is 3.02. The number of carbonyl (C=O) groups is 2. The lowest BCUT2D eigenvalue weighted by atomic mass is 9.74. The van der Waals surface area contributed by atoms with Gasteiger partial charge < -0.3 is 5.32 Å². The minimum Gasteiger partial charge on any atom is -0.323 e. The van der Waals surface area contributed by atoms with Crippen LogP contribution in [0.4, 0.5) is 4.79 Å². The maximum atomic E-state index is 12.8. The highest BCUT2D eigenvalue weighted by Gasteiger charge is 2.51. The predicted octanol–water partition coefficient (Wildman–Crippen LogP) is 3.11. The summed E-state index contributed by atoms with van der Waals surface area (Å²) in [6, 6.07) is 20.3. The van der Waals surface area contributed by atoms with E-state index in [-0.39, 0.29) is 17.9 Å². The first-order valence-corrected chi connectivity index (χ1v) is 10.1. The lowest BCUT2D eigenvalue weighted by Gasteiger charge is -2.40. The Morgan fingerprint density at radius 3 is 2.07 bits per heavy atom. The number of amides is 3. The molecule has 2 N–H and O–H groups in total. The fourth-order valence-electron chi connectivity index (χ4n) is 4.58. The van der Waals surface area contributed by atoms with Crippen molar-refractivity contribution < 1.29 is 9.59 Å². The van der Waals surface area contributed by atoms with E-state index in [1.54, 1.807) is 0 Å². The summed E-state index contributed by atoms with van der Waals surface area (Å²) < 4.78 is 0. The largest absolute Gasteiger partial charge is 0.323 e. The van der Waals surface area contributed by atoms with Gasteiger partial charge in [-0.05, 0) is 55.8 Å². The molecule has 5 heteroatoms. The number of carbonyl (C=O) groups excluding carboxylic acids is 2. The Balaban J connectivity index is 1.43. The van der Waals surface area contributed by atoms with Crippen LogP contribution in [0.3, 0.4) is 0 Å². The van der Waals surface area contributed by atoms with Gasteiger partial charge in [0.1, 0.15) is 5.54 Å². The summed E-state index contributed by atoms with van der Waals surface area (Å²) in [4.78, 5) is 27.2. The second kappa shape index (κ2) is 8.15. The van der Waals surface area contributed by atoms with Crippen LogP contribution in [0.15, 0.2) is 60.7 Å². The minimum absolute atomic E-state index is 0.157. The first kappa shape index (κ1) is 18.7. The molecule has 5 nitrogen and oxygen atoms in total. The zero-order chi connectivity index (χ0) is 19.4. The van der Waals surface area contributed by atoms with Crippen molar-refractivity contribution in [2.75, 3.05) is 13.1 Å². The van der Waals surface area contributed by atoms with Crippen LogP contribution in [-0.2, 0) is 17.8 Å². The van der Waals surface area contributed by atoms with Gasteiger partial charge in [-0.2, -0.15) is 0 Å². The van der Waals surface area contributed by atoms with Crippen molar-refractivity contribution in [2.24, 2.45) is 5.92 Å². The maximum absolute atomic E-state index is 12.8. The number of aryl methyl sites for hydroxylation is 1. The van der Waals surface area contributed by atoms with Crippen LogP contribution in [0, 0.1) is 5.92 Å². The van der Waals surface area contributed by atoms with Crippen LogP contribution in [0.1, 0.15) is 30.4 Å². The molecule has 0 aromatic heterocycles. The molecular weight excluding hydrogens is 350 g/mol. The van der Waals surface area contributed by atoms with Crippen molar-refractivity contribution in [2.45, 2.75) is 37.8 Å². The number of imide groups is 1. The van der Waals surface area contributed by atoms with Gasteiger partial charge in [0, 0.05) is 6.54 Å². The minimum atomic E-state index is -0.786. The molecule has 1 unspecified atom stereocenters. The standard InChI is InChI=1S/C23H27N3O2/c27-21-23(25-22(28)24-21,14-11-18-7-3-1-4-8-18)20-12-15-26(16-13-20)17-19-9-5-2-6-10-19/h1-10,20H,11-17H2,(H2,24,25,27,28). The van der Waals surface area contributed by atoms with Crippen molar-refractivity contribution in [3.63, 3.8) is 0 Å². The fourth-order valence-corrected chi connectivity index (χ4v) is 4.58.